The summed E-state index contributed by atoms with van der Waals surface area (Å²) in [7, 11) is 1.55. The van der Waals surface area contributed by atoms with Crippen molar-refractivity contribution in [1.82, 2.24) is 5.32 Å². The third-order valence-corrected chi connectivity index (χ3v) is 5.02. The summed E-state index contributed by atoms with van der Waals surface area (Å²) in [6.07, 6.45) is 0. The maximum atomic E-state index is 12.9. The first kappa shape index (κ1) is 22.7. The van der Waals surface area contributed by atoms with Crippen LogP contribution in [-0.4, -0.2) is 30.7 Å². The molecule has 3 rings (SSSR count). The number of ketones is 1. The quantitative estimate of drug-likeness (QED) is 0.521. The highest BCUT2D eigenvalue weighted by Crippen LogP contribution is 2.17. The van der Waals surface area contributed by atoms with Crippen molar-refractivity contribution in [1.29, 1.82) is 0 Å². The van der Waals surface area contributed by atoms with Crippen molar-refractivity contribution in [2.45, 2.75) is 19.9 Å². The van der Waals surface area contributed by atoms with Crippen molar-refractivity contribution >= 4 is 23.3 Å². The number of hydrogen-bond donors (Lipinski definition) is 2. The van der Waals surface area contributed by atoms with Crippen LogP contribution in [-0.2, 0) is 4.79 Å². The Morgan fingerprint density at radius 3 is 2.06 bits per heavy atom. The van der Waals surface area contributed by atoms with Crippen LogP contribution in [0, 0.1) is 5.92 Å². The van der Waals surface area contributed by atoms with Crippen LogP contribution < -0.4 is 15.4 Å². The predicted octanol–water partition coefficient (Wildman–Crippen LogP) is 4.32. The van der Waals surface area contributed by atoms with Gasteiger partial charge < -0.3 is 15.4 Å². The van der Waals surface area contributed by atoms with Gasteiger partial charge in [0.1, 0.15) is 11.8 Å². The standard InChI is InChI=1S/C26H26N2O4/c1-17(2)23(28-25(30)19-12-14-22(32-3)15-13-19)26(31)27-21-11-7-10-20(16-21)24(29)18-8-5-4-6-9-18/h4-17,23H,1-3H3,(H,27,31)(H,28,30). The van der Waals surface area contributed by atoms with E-state index in [1.54, 1.807) is 79.9 Å². The topological polar surface area (TPSA) is 84.5 Å². The smallest absolute Gasteiger partial charge is 0.251 e. The van der Waals surface area contributed by atoms with E-state index in [9.17, 15) is 14.4 Å². The Morgan fingerprint density at radius 1 is 0.781 bits per heavy atom. The van der Waals surface area contributed by atoms with Crippen LogP contribution in [0.5, 0.6) is 5.75 Å². The summed E-state index contributed by atoms with van der Waals surface area (Å²) >= 11 is 0. The molecule has 0 fully saturated rings. The van der Waals surface area contributed by atoms with Gasteiger partial charge in [-0.15, -0.1) is 0 Å². The van der Waals surface area contributed by atoms with Crippen LogP contribution >= 0.6 is 0 Å². The molecular formula is C26H26N2O4. The Morgan fingerprint density at radius 2 is 1.44 bits per heavy atom. The fourth-order valence-corrected chi connectivity index (χ4v) is 3.22. The lowest BCUT2D eigenvalue weighted by atomic mass is 10.0. The van der Waals surface area contributed by atoms with Gasteiger partial charge in [-0.25, -0.2) is 0 Å². The second-order valence-corrected chi connectivity index (χ2v) is 7.69. The highest BCUT2D eigenvalue weighted by Gasteiger charge is 2.25. The van der Waals surface area contributed by atoms with Gasteiger partial charge in [-0.3, -0.25) is 14.4 Å². The zero-order chi connectivity index (χ0) is 23.1. The Hall–Kier alpha value is -3.93. The second kappa shape index (κ2) is 10.4. The van der Waals surface area contributed by atoms with Crippen LogP contribution in [0.15, 0.2) is 78.9 Å². The van der Waals surface area contributed by atoms with E-state index in [1.165, 1.54) is 0 Å². The predicted molar refractivity (Wildman–Crippen MR) is 124 cm³/mol. The highest BCUT2D eigenvalue weighted by molar-refractivity contribution is 6.10. The Bertz CT molecular complexity index is 1090. The third-order valence-electron chi connectivity index (χ3n) is 5.02. The SMILES string of the molecule is COc1ccc(C(=O)NC(C(=O)Nc2cccc(C(=O)c3ccccc3)c2)C(C)C)cc1. The van der Waals surface area contributed by atoms with Crippen molar-refractivity contribution < 1.29 is 19.1 Å². The molecule has 32 heavy (non-hydrogen) atoms. The van der Waals surface area contributed by atoms with Crippen molar-refractivity contribution in [2.24, 2.45) is 5.92 Å². The van der Waals surface area contributed by atoms with Crippen LogP contribution in [0.1, 0.15) is 40.1 Å². The van der Waals surface area contributed by atoms with Gasteiger partial charge in [0.2, 0.25) is 5.91 Å². The maximum absolute atomic E-state index is 12.9. The van der Waals surface area contributed by atoms with Gasteiger partial charge >= 0.3 is 0 Å². The van der Waals surface area contributed by atoms with Gasteiger partial charge in [0.15, 0.2) is 5.78 Å². The Labute approximate surface area is 187 Å². The van der Waals surface area contributed by atoms with E-state index < -0.39 is 6.04 Å². The van der Waals surface area contributed by atoms with Crippen LogP contribution in [0.25, 0.3) is 0 Å². The molecule has 0 aromatic heterocycles. The molecule has 0 bridgehead atoms. The first-order valence-electron chi connectivity index (χ1n) is 10.3. The molecule has 0 aliphatic carbocycles. The molecule has 164 valence electrons. The number of anilines is 1. The molecule has 3 aromatic rings. The average molecular weight is 431 g/mol. The van der Waals surface area contributed by atoms with E-state index in [4.69, 9.17) is 4.74 Å². The number of benzene rings is 3. The zero-order valence-corrected chi connectivity index (χ0v) is 18.3. The van der Waals surface area contributed by atoms with Gasteiger partial charge in [-0.05, 0) is 42.3 Å². The van der Waals surface area contributed by atoms with E-state index >= 15 is 0 Å². The van der Waals surface area contributed by atoms with E-state index in [0.29, 0.717) is 28.1 Å². The summed E-state index contributed by atoms with van der Waals surface area (Å²) in [5.41, 5.74) is 1.96. The second-order valence-electron chi connectivity index (χ2n) is 7.69. The highest BCUT2D eigenvalue weighted by atomic mass is 16.5. The molecule has 6 heteroatoms. The van der Waals surface area contributed by atoms with E-state index in [1.807, 2.05) is 19.9 Å². The molecule has 1 atom stereocenters. The molecule has 3 aromatic carbocycles. The van der Waals surface area contributed by atoms with Crippen LogP contribution in [0.4, 0.5) is 5.69 Å². The lowest BCUT2D eigenvalue weighted by Crippen LogP contribution is -2.47. The number of methoxy groups -OCH3 is 1. The largest absolute Gasteiger partial charge is 0.497 e. The monoisotopic (exact) mass is 430 g/mol. The number of nitrogens with one attached hydrogen (secondary N) is 2. The lowest BCUT2D eigenvalue weighted by molar-refractivity contribution is -0.118. The van der Waals surface area contributed by atoms with Crippen molar-refractivity contribution in [3.8, 4) is 5.75 Å². The number of carbonyl (C=O) groups excluding carboxylic acids is 3. The summed E-state index contributed by atoms with van der Waals surface area (Å²) in [5.74, 6) is -0.341. The fourth-order valence-electron chi connectivity index (χ4n) is 3.22. The molecule has 0 saturated heterocycles. The number of hydrogen-bond acceptors (Lipinski definition) is 4. The molecule has 0 aliphatic rings. The van der Waals surface area contributed by atoms with Crippen molar-refractivity contribution in [2.75, 3.05) is 12.4 Å². The molecule has 1 unspecified atom stereocenters. The molecule has 0 saturated carbocycles. The molecule has 0 heterocycles. The van der Waals surface area contributed by atoms with Crippen LogP contribution in [0.3, 0.4) is 0 Å². The normalized spacial score (nSPS) is 11.5. The molecule has 6 nitrogen and oxygen atoms in total. The maximum Gasteiger partial charge on any atom is 0.251 e. The van der Waals surface area contributed by atoms with E-state index in [-0.39, 0.29) is 23.5 Å². The average Bonchev–Trinajstić information content (AvgIpc) is 2.82. The number of amides is 2. The first-order valence-corrected chi connectivity index (χ1v) is 10.3. The Balaban J connectivity index is 1.72. The molecule has 0 spiro atoms. The minimum atomic E-state index is -0.752. The molecular weight excluding hydrogens is 404 g/mol. The van der Waals surface area contributed by atoms with Gasteiger partial charge in [0.05, 0.1) is 7.11 Å². The zero-order valence-electron chi connectivity index (χ0n) is 18.3. The van der Waals surface area contributed by atoms with Gasteiger partial charge in [-0.1, -0.05) is 56.3 Å². The minimum Gasteiger partial charge on any atom is -0.497 e. The van der Waals surface area contributed by atoms with Crippen molar-refractivity contribution in [3.63, 3.8) is 0 Å². The third kappa shape index (κ3) is 5.60. The first-order chi connectivity index (χ1) is 15.4. The van der Waals surface area contributed by atoms with Gasteiger partial charge in [0, 0.05) is 22.4 Å². The molecule has 0 radical (unpaired) electrons. The Kier molecular flexibility index (Phi) is 7.39. The summed E-state index contributed by atoms with van der Waals surface area (Å²) in [6.45, 7) is 3.71. The van der Waals surface area contributed by atoms with Crippen molar-refractivity contribution in [3.05, 3.63) is 95.6 Å². The number of ether oxygens (including phenoxy) is 1. The molecule has 0 aliphatic heterocycles. The van der Waals surface area contributed by atoms with Crippen LogP contribution in [0.2, 0.25) is 0 Å². The lowest BCUT2D eigenvalue weighted by Gasteiger charge is -2.22. The fraction of sp³-hybridized carbons (Fsp3) is 0.192. The summed E-state index contributed by atoms with van der Waals surface area (Å²) in [5, 5.41) is 5.61. The number of rotatable bonds is 8. The van der Waals surface area contributed by atoms with Gasteiger partial charge in [0.25, 0.3) is 5.91 Å². The summed E-state index contributed by atoms with van der Waals surface area (Å²) < 4.78 is 5.11. The summed E-state index contributed by atoms with van der Waals surface area (Å²) in [4.78, 5) is 38.3. The van der Waals surface area contributed by atoms with E-state index in [0.717, 1.165) is 0 Å². The molecule has 2 N–H and O–H groups in total. The van der Waals surface area contributed by atoms with E-state index in [2.05, 4.69) is 10.6 Å². The molecule has 2 amide bonds. The minimum absolute atomic E-state index is 0.130. The van der Waals surface area contributed by atoms with Gasteiger partial charge in [-0.2, -0.15) is 0 Å². The number of carbonyl (C=O) groups is 3. The summed E-state index contributed by atoms with van der Waals surface area (Å²) in [6, 6.07) is 21.6.